The van der Waals surface area contributed by atoms with Gasteiger partial charge in [0.15, 0.2) is 0 Å². The van der Waals surface area contributed by atoms with Crippen molar-refractivity contribution >= 4 is 17.0 Å². The van der Waals surface area contributed by atoms with Crippen molar-refractivity contribution in [2.75, 3.05) is 19.7 Å². The monoisotopic (exact) mass is 303 g/mol. The number of carbonyl (C=O) groups excluding carboxylic acids is 1. The van der Waals surface area contributed by atoms with Crippen LogP contribution in [0.15, 0.2) is 10.6 Å². The second-order valence-corrected chi connectivity index (χ2v) is 5.74. The molecule has 2 aromatic rings. The summed E-state index contributed by atoms with van der Waals surface area (Å²) in [6.07, 6.45) is 2.23. The van der Waals surface area contributed by atoms with Gasteiger partial charge in [-0.25, -0.2) is 4.98 Å². The van der Waals surface area contributed by atoms with Gasteiger partial charge >= 0.3 is 0 Å². The molecule has 0 bridgehead atoms. The Balaban J connectivity index is 1.94. The van der Waals surface area contributed by atoms with Crippen LogP contribution < -0.4 is 0 Å². The molecular weight excluding hydrogens is 282 g/mol. The predicted molar refractivity (Wildman–Crippen MR) is 81.8 cm³/mol. The van der Waals surface area contributed by atoms with Crippen molar-refractivity contribution in [2.45, 2.75) is 39.7 Å². The van der Waals surface area contributed by atoms with E-state index >= 15 is 0 Å². The van der Waals surface area contributed by atoms with Crippen molar-refractivity contribution in [1.82, 2.24) is 15.0 Å². The smallest absolute Gasteiger partial charge is 0.258 e. The van der Waals surface area contributed by atoms with Crippen molar-refractivity contribution in [2.24, 2.45) is 0 Å². The zero-order chi connectivity index (χ0) is 15.7. The third-order valence-electron chi connectivity index (χ3n) is 4.09. The zero-order valence-corrected chi connectivity index (χ0v) is 13.3. The summed E-state index contributed by atoms with van der Waals surface area (Å²) in [5.74, 6) is -0.0141. The molecule has 1 saturated heterocycles. The molecule has 0 aromatic carbocycles. The highest BCUT2D eigenvalue weighted by Gasteiger charge is 2.25. The van der Waals surface area contributed by atoms with Gasteiger partial charge in [0.2, 0.25) is 0 Å². The Morgan fingerprint density at radius 1 is 1.45 bits per heavy atom. The highest BCUT2D eigenvalue weighted by Crippen LogP contribution is 2.24. The molecule has 6 nitrogen and oxygen atoms in total. The maximum Gasteiger partial charge on any atom is 0.258 e. The van der Waals surface area contributed by atoms with E-state index in [2.05, 4.69) is 10.1 Å². The third-order valence-corrected chi connectivity index (χ3v) is 4.09. The number of carbonyl (C=O) groups is 1. The molecule has 2 aromatic heterocycles. The van der Waals surface area contributed by atoms with E-state index in [-0.39, 0.29) is 12.0 Å². The number of likely N-dealkylation sites (N-methyl/N-ethyl adjacent to an activating group) is 1. The van der Waals surface area contributed by atoms with Crippen molar-refractivity contribution in [3.8, 4) is 0 Å². The number of hydrogen-bond acceptors (Lipinski definition) is 5. The van der Waals surface area contributed by atoms with E-state index in [1.807, 2.05) is 31.7 Å². The molecule has 0 saturated carbocycles. The molecule has 0 N–H and O–H groups in total. The van der Waals surface area contributed by atoms with Crippen LogP contribution in [0.3, 0.4) is 0 Å². The molecular formula is C16H21N3O3. The van der Waals surface area contributed by atoms with Gasteiger partial charge in [-0.1, -0.05) is 5.16 Å². The van der Waals surface area contributed by atoms with Crippen LogP contribution in [0, 0.1) is 13.8 Å². The summed E-state index contributed by atoms with van der Waals surface area (Å²) in [5.41, 5.74) is 2.48. The first-order chi connectivity index (χ1) is 10.6. The van der Waals surface area contributed by atoms with E-state index in [0.29, 0.717) is 35.4 Å². The number of aromatic nitrogens is 2. The van der Waals surface area contributed by atoms with E-state index in [1.54, 1.807) is 0 Å². The van der Waals surface area contributed by atoms with E-state index in [0.717, 1.165) is 25.1 Å². The Morgan fingerprint density at radius 3 is 2.95 bits per heavy atom. The first kappa shape index (κ1) is 15.0. The SMILES string of the molecule is CCN(C[C@H]1CCCO1)C(=O)c1cc(C)nc2onc(C)c12. The fraction of sp³-hybridized carbons (Fsp3) is 0.562. The Morgan fingerprint density at radius 2 is 2.27 bits per heavy atom. The van der Waals surface area contributed by atoms with E-state index in [1.165, 1.54) is 0 Å². The number of aryl methyl sites for hydroxylation is 2. The molecule has 1 fully saturated rings. The number of rotatable bonds is 4. The molecule has 0 unspecified atom stereocenters. The second kappa shape index (κ2) is 6.04. The van der Waals surface area contributed by atoms with Gasteiger partial charge in [0.05, 0.1) is 22.7 Å². The van der Waals surface area contributed by atoms with Crippen molar-refractivity contribution < 1.29 is 14.1 Å². The summed E-state index contributed by atoms with van der Waals surface area (Å²) in [6.45, 7) is 7.73. The normalized spacial score (nSPS) is 18.0. The molecule has 3 heterocycles. The molecule has 1 amide bonds. The first-order valence-electron chi connectivity index (χ1n) is 7.74. The zero-order valence-electron chi connectivity index (χ0n) is 13.3. The lowest BCUT2D eigenvalue weighted by Gasteiger charge is -2.24. The number of amides is 1. The van der Waals surface area contributed by atoms with Crippen LogP contribution in [0.4, 0.5) is 0 Å². The number of fused-ring (bicyclic) bond motifs is 1. The van der Waals surface area contributed by atoms with Crippen LogP contribution >= 0.6 is 0 Å². The maximum absolute atomic E-state index is 13.0. The lowest BCUT2D eigenvalue weighted by molar-refractivity contribution is 0.0540. The average molecular weight is 303 g/mol. The average Bonchev–Trinajstić information content (AvgIpc) is 3.13. The maximum atomic E-state index is 13.0. The molecule has 6 heteroatoms. The number of hydrogen-bond donors (Lipinski definition) is 0. The van der Waals surface area contributed by atoms with Gasteiger partial charge in [-0.05, 0) is 39.7 Å². The fourth-order valence-electron chi connectivity index (χ4n) is 2.95. The summed E-state index contributed by atoms with van der Waals surface area (Å²) < 4.78 is 10.9. The van der Waals surface area contributed by atoms with Gasteiger partial charge in [-0.3, -0.25) is 4.79 Å². The molecule has 0 radical (unpaired) electrons. The minimum absolute atomic E-state index is 0.0141. The van der Waals surface area contributed by atoms with Crippen LogP contribution in [0.25, 0.3) is 11.1 Å². The molecule has 3 rings (SSSR count). The van der Waals surface area contributed by atoms with Gasteiger partial charge in [-0.15, -0.1) is 0 Å². The molecule has 0 aliphatic carbocycles. The standard InChI is InChI=1S/C16H21N3O3/c1-4-19(9-12-6-5-7-21-12)16(20)13-8-10(2)17-15-14(13)11(3)18-22-15/h8,12H,4-7,9H2,1-3H3/t12-/m1/s1. The van der Waals surface area contributed by atoms with Crippen LogP contribution in [0.2, 0.25) is 0 Å². The van der Waals surface area contributed by atoms with Gasteiger partial charge < -0.3 is 14.2 Å². The third kappa shape index (κ3) is 2.70. The topological polar surface area (TPSA) is 68.5 Å². The first-order valence-corrected chi connectivity index (χ1v) is 7.74. The molecule has 0 spiro atoms. The quantitative estimate of drug-likeness (QED) is 0.868. The number of ether oxygens (including phenoxy) is 1. The lowest BCUT2D eigenvalue weighted by atomic mass is 10.1. The Labute approximate surface area is 129 Å². The van der Waals surface area contributed by atoms with Crippen LogP contribution in [0.5, 0.6) is 0 Å². The largest absolute Gasteiger partial charge is 0.376 e. The molecule has 1 atom stereocenters. The summed E-state index contributed by atoms with van der Waals surface area (Å²) in [6, 6.07) is 1.81. The van der Waals surface area contributed by atoms with E-state index < -0.39 is 0 Å². The van der Waals surface area contributed by atoms with Gasteiger partial charge in [0.1, 0.15) is 0 Å². The summed E-state index contributed by atoms with van der Waals surface area (Å²) in [4.78, 5) is 19.1. The minimum atomic E-state index is -0.0141. The Kier molecular flexibility index (Phi) is 4.11. The Bertz CT molecular complexity index is 689. The highest BCUT2D eigenvalue weighted by atomic mass is 16.5. The van der Waals surface area contributed by atoms with Crippen molar-refractivity contribution in [3.63, 3.8) is 0 Å². The fourth-order valence-corrected chi connectivity index (χ4v) is 2.95. The number of nitrogens with zero attached hydrogens (tertiary/aromatic N) is 3. The van der Waals surface area contributed by atoms with Crippen molar-refractivity contribution in [1.29, 1.82) is 0 Å². The van der Waals surface area contributed by atoms with E-state index in [4.69, 9.17) is 9.26 Å². The predicted octanol–water partition coefficient (Wildman–Crippen LogP) is 2.48. The highest BCUT2D eigenvalue weighted by molar-refractivity contribution is 6.06. The van der Waals surface area contributed by atoms with Crippen LogP contribution in [-0.2, 0) is 4.74 Å². The van der Waals surface area contributed by atoms with Gasteiger partial charge in [-0.2, -0.15) is 0 Å². The van der Waals surface area contributed by atoms with Crippen LogP contribution in [-0.4, -0.2) is 46.7 Å². The summed E-state index contributed by atoms with van der Waals surface area (Å²) >= 11 is 0. The molecule has 22 heavy (non-hydrogen) atoms. The second-order valence-electron chi connectivity index (χ2n) is 5.74. The van der Waals surface area contributed by atoms with E-state index in [9.17, 15) is 4.79 Å². The minimum Gasteiger partial charge on any atom is -0.376 e. The molecule has 1 aliphatic rings. The van der Waals surface area contributed by atoms with Crippen LogP contribution in [0.1, 0.15) is 41.5 Å². The summed E-state index contributed by atoms with van der Waals surface area (Å²) in [5, 5.41) is 4.65. The molecule has 118 valence electrons. The lowest BCUT2D eigenvalue weighted by Crippen LogP contribution is -2.37. The summed E-state index contributed by atoms with van der Waals surface area (Å²) in [7, 11) is 0. The van der Waals surface area contributed by atoms with Gasteiger partial charge in [0, 0.05) is 25.4 Å². The Hall–Kier alpha value is -1.95. The van der Waals surface area contributed by atoms with Gasteiger partial charge in [0.25, 0.3) is 11.6 Å². The van der Waals surface area contributed by atoms with Crippen molar-refractivity contribution in [3.05, 3.63) is 23.0 Å². The number of pyridine rings is 1. The molecule has 1 aliphatic heterocycles.